The van der Waals surface area contributed by atoms with Gasteiger partial charge in [0.1, 0.15) is 0 Å². The van der Waals surface area contributed by atoms with Crippen molar-refractivity contribution in [2.45, 2.75) is 66.0 Å². The highest BCUT2D eigenvalue weighted by Crippen LogP contribution is 2.35. The van der Waals surface area contributed by atoms with Gasteiger partial charge in [-0.1, -0.05) is 26.0 Å². The van der Waals surface area contributed by atoms with E-state index in [-0.39, 0.29) is 11.6 Å². The van der Waals surface area contributed by atoms with Crippen molar-refractivity contribution >= 4 is 0 Å². The second kappa shape index (κ2) is 6.53. The molecule has 0 heterocycles. The van der Waals surface area contributed by atoms with Gasteiger partial charge in [-0.25, -0.2) is 0 Å². The van der Waals surface area contributed by atoms with E-state index in [4.69, 9.17) is 10.5 Å². The summed E-state index contributed by atoms with van der Waals surface area (Å²) in [6, 6.07) is 4.39. The second-order valence-electron chi connectivity index (χ2n) is 5.48. The summed E-state index contributed by atoms with van der Waals surface area (Å²) in [4.78, 5) is 0. The summed E-state index contributed by atoms with van der Waals surface area (Å²) in [6.07, 6.45) is 1.87. The third-order valence-corrected chi connectivity index (χ3v) is 4.41. The molecule has 0 fully saturated rings. The highest BCUT2D eigenvalue weighted by atomic mass is 16.5. The van der Waals surface area contributed by atoms with Crippen molar-refractivity contribution in [3.63, 3.8) is 0 Å². The molecule has 0 bridgehead atoms. The summed E-state index contributed by atoms with van der Waals surface area (Å²) in [5, 5.41) is 0. The first-order valence-corrected chi connectivity index (χ1v) is 7.39. The average Bonchev–Trinajstić information content (AvgIpc) is 2.39. The van der Waals surface area contributed by atoms with E-state index in [0.717, 1.165) is 12.8 Å². The molecule has 2 N–H and O–H groups in total. The van der Waals surface area contributed by atoms with Gasteiger partial charge in [0, 0.05) is 6.61 Å². The topological polar surface area (TPSA) is 35.2 Å². The van der Waals surface area contributed by atoms with E-state index in [9.17, 15) is 0 Å². The molecule has 0 aliphatic heterocycles. The molecule has 2 heteroatoms. The van der Waals surface area contributed by atoms with Crippen LogP contribution in [0.4, 0.5) is 0 Å². The van der Waals surface area contributed by atoms with Crippen LogP contribution < -0.4 is 5.73 Å². The van der Waals surface area contributed by atoms with Crippen molar-refractivity contribution in [3.8, 4) is 0 Å². The number of benzene rings is 1. The molecule has 108 valence electrons. The average molecular weight is 263 g/mol. The lowest BCUT2D eigenvalue weighted by Gasteiger charge is -2.38. The van der Waals surface area contributed by atoms with Crippen LogP contribution in [0.25, 0.3) is 0 Å². The minimum Gasteiger partial charge on any atom is -0.373 e. The molecule has 0 saturated carbocycles. The lowest BCUT2D eigenvalue weighted by molar-refractivity contribution is -0.0647. The predicted octanol–water partition coefficient (Wildman–Crippen LogP) is 4.21. The van der Waals surface area contributed by atoms with Crippen LogP contribution in [-0.4, -0.2) is 12.2 Å². The molecule has 1 atom stereocenters. The van der Waals surface area contributed by atoms with Crippen molar-refractivity contribution in [2.75, 3.05) is 6.61 Å². The van der Waals surface area contributed by atoms with Crippen LogP contribution in [0.1, 0.15) is 61.9 Å². The minimum absolute atomic E-state index is 0.0678. The Hall–Kier alpha value is -0.860. The van der Waals surface area contributed by atoms with Crippen molar-refractivity contribution in [1.29, 1.82) is 0 Å². The first-order valence-electron chi connectivity index (χ1n) is 7.39. The molecule has 1 aromatic carbocycles. The summed E-state index contributed by atoms with van der Waals surface area (Å²) in [7, 11) is 0. The lowest BCUT2D eigenvalue weighted by Crippen LogP contribution is -2.43. The number of ether oxygens (including phenoxy) is 1. The molecule has 2 nitrogen and oxygen atoms in total. The van der Waals surface area contributed by atoms with Crippen LogP contribution in [-0.2, 0) is 4.74 Å². The third kappa shape index (κ3) is 3.18. The normalized spacial score (nSPS) is 13.6. The fraction of sp³-hybridized carbons (Fsp3) is 0.647. The molecule has 1 unspecified atom stereocenters. The number of hydrogen-bond donors (Lipinski definition) is 1. The Morgan fingerprint density at radius 3 is 2.00 bits per heavy atom. The van der Waals surface area contributed by atoms with E-state index in [2.05, 4.69) is 46.8 Å². The Morgan fingerprint density at radius 2 is 1.53 bits per heavy atom. The fourth-order valence-corrected chi connectivity index (χ4v) is 2.87. The zero-order chi connectivity index (χ0) is 14.6. The Bertz CT molecular complexity index is 422. The number of hydrogen-bond acceptors (Lipinski definition) is 2. The van der Waals surface area contributed by atoms with Gasteiger partial charge in [0.25, 0.3) is 0 Å². The smallest absolute Gasteiger partial charge is 0.0868 e. The molecule has 1 aromatic rings. The molecule has 0 aromatic heterocycles. The van der Waals surface area contributed by atoms with Crippen LogP contribution in [0.3, 0.4) is 0 Å². The van der Waals surface area contributed by atoms with E-state index in [1.54, 1.807) is 0 Å². The third-order valence-electron chi connectivity index (χ3n) is 4.41. The van der Waals surface area contributed by atoms with Gasteiger partial charge in [-0.05, 0) is 62.8 Å². The molecule has 0 aliphatic carbocycles. The van der Waals surface area contributed by atoms with Gasteiger partial charge in [0.05, 0.1) is 11.6 Å². The van der Waals surface area contributed by atoms with Crippen LogP contribution in [0, 0.1) is 20.8 Å². The second-order valence-corrected chi connectivity index (χ2v) is 5.48. The SMILES string of the molecule is CCOC(CC)(CC)C(N)c1cc(C)c(C)cc1C. The fourth-order valence-electron chi connectivity index (χ4n) is 2.87. The van der Waals surface area contributed by atoms with E-state index in [1.165, 1.54) is 22.3 Å². The Balaban J connectivity index is 3.23. The predicted molar refractivity (Wildman–Crippen MR) is 82.5 cm³/mol. The van der Waals surface area contributed by atoms with Crippen LogP contribution in [0.5, 0.6) is 0 Å². The molecule has 0 amide bonds. The summed E-state index contributed by atoms with van der Waals surface area (Å²) in [5.74, 6) is 0. The number of aryl methyl sites for hydroxylation is 3. The highest BCUT2D eigenvalue weighted by molar-refractivity contribution is 5.39. The van der Waals surface area contributed by atoms with Gasteiger partial charge in [-0.2, -0.15) is 0 Å². The molecule has 0 radical (unpaired) electrons. The molecule has 0 aliphatic rings. The van der Waals surface area contributed by atoms with Gasteiger partial charge in [0.15, 0.2) is 0 Å². The van der Waals surface area contributed by atoms with E-state index >= 15 is 0 Å². The molecular weight excluding hydrogens is 234 g/mol. The molecule has 19 heavy (non-hydrogen) atoms. The monoisotopic (exact) mass is 263 g/mol. The van der Waals surface area contributed by atoms with Crippen molar-refractivity contribution in [2.24, 2.45) is 5.73 Å². The van der Waals surface area contributed by atoms with E-state index in [1.807, 2.05) is 6.92 Å². The maximum atomic E-state index is 6.58. The maximum Gasteiger partial charge on any atom is 0.0868 e. The minimum atomic E-state index is -0.249. The van der Waals surface area contributed by atoms with Crippen LogP contribution in [0.2, 0.25) is 0 Å². The molecule has 0 saturated heterocycles. The summed E-state index contributed by atoms with van der Waals surface area (Å²) in [5.41, 5.74) is 11.4. The first kappa shape index (κ1) is 16.2. The largest absolute Gasteiger partial charge is 0.373 e. The van der Waals surface area contributed by atoms with Crippen molar-refractivity contribution < 1.29 is 4.74 Å². The van der Waals surface area contributed by atoms with E-state index < -0.39 is 0 Å². The van der Waals surface area contributed by atoms with E-state index in [0.29, 0.717) is 6.61 Å². The van der Waals surface area contributed by atoms with Crippen LogP contribution >= 0.6 is 0 Å². The number of rotatable bonds is 6. The zero-order valence-corrected chi connectivity index (χ0v) is 13.3. The highest BCUT2D eigenvalue weighted by Gasteiger charge is 2.35. The van der Waals surface area contributed by atoms with Gasteiger partial charge >= 0.3 is 0 Å². The van der Waals surface area contributed by atoms with Crippen molar-refractivity contribution in [3.05, 3.63) is 34.4 Å². The zero-order valence-electron chi connectivity index (χ0n) is 13.3. The van der Waals surface area contributed by atoms with Gasteiger partial charge in [-0.3, -0.25) is 0 Å². The van der Waals surface area contributed by atoms with Gasteiger partial charge < -0.3 is 10.5 Å². The summed E-state index contributed by atoms with van der Waals surface area (Å²) < 4.78 is 6.04. The Labute approximate surface area is 118 Å². The van der Waals surface area contributed by atoms with Gasteiger partial charge in [0.2, 0.25) is 0 Å². The maximum absolute atomic E-state index is 6.58. The van der Waals surface area contributed by atoms with Crippen LogP contribution in [0.15, 0.2) is 12.1 Å². The quantitative estimate of drug-likeness (QED) is 0.834. The Kier molecular flexibility index (Phi) is 5.57. The summed E-state index contributed by atoms with van der Waals surface area (Å²) >= 11 is 0. The van der Waals surface area contributed by atoms with Crippen molar-refractivity contribution in [1.82, 2.24) is 0 Å². The standard InChI is InChI=1S/C17H29NO/c1-7-17(8-2,19-9-3)16(18)15-11-13(5)12(4)10-14(15)6/h10-11,16H,7-9,18H2,1-6H3. The first-order chi connectivity index (χ1) is 8.91. The summed E-state index contributed by atoms with van der Waals surface area (Å²) in [6.45, 7) is 13.5. The Morgan fingerprint density at radius 1 is 1.00 bits per heavy atom. The molecule has 0 spiro atoms. The lowest BCUT2D eigenvalue weighted by atomic mass is 9.82. The number of nitrogens with two attached hydrogens (primary N) is 1. The molecular formula is C17H29NO. The molecule has 1 rings (SSSR count). The van der Waals surface area contributed by atoms with Gasteiger partial charge in [-0.15, -0.1) is 0 Å².